The van der Waals surface area contributed by atoms with Gasteiger partial charge in [-0.1, -0.05) is 61.3 Å². The highest BCUT2D eigenvalue weighted by molar-refractivity contribution is 6.30. The van der Waals surface area contributed by atoms with Gasteiger partial charge in [-0.2, -0.15) is 0 Å². The molecule has 0 spiro atoms. The van der Waals surface area contributed by atoms with Gasteiger partial charge in [-0.05, 0) is 61.9 Å². The molecule has 0 radical (unpaired) electrons. The molecule has 2 rings (SSSR count). The first kappa shape index (κ1) is 26.7. The van der Waals surface area contributed by atoms with Gasteiger partial charge in [-0.15, -0.1) is 0 Å². The molecule has 2 atom stereocenters. The fraction of sp³-hybridized carbons (Fsp3) is 0.462. The van der Waals surface area contributed by atoms with E-state index < -0.39 is 30.1 Å². The van der Waals surface area contributed by atoms with Gasteiger partial charge in [-0.3, -0.25) is 4.79 Å². The number of halogens is 1. The standard InChI is InChI=1S/C26H34ClNO5/c1-4-6-16-33-25(31)28-23(26(3,18-29)24(30)32-5-2)15-12-19-10-13-20(14-11-19)21-8-7-9-22(27)17-21/h7-11,13-14,17,23,29H,4-6,12,15-16,18H2,1-3H3,(H,28,31). The van der Waals surface area contributed by atoms with Crippen LogP contribution in [0.2, 0.25) is 5.02 Å². The monoisotopic (exact) mass is 475 g/mol. The predicted molar refractivity (Wildman–Crippen MR) is 130 cm³/mol. The number of nitrogens with one attached hydrogen (secondary N) is 1. The van der Waals surface area contributed by atoms with E-state index in [1.54, 1.807) is 13.8 Å². The Hall–Kier alpha value is -2.57. The molecule has 0 bridgehead atoms. The highest BCUT2D eigenvalue weighted by Gasteiger charge is 2.43. The Morgan fingerprint density at radius 3 is 2.42 bits per heavy atom. The lowest BCUT2D eigenvalue weighted by molar-refractivity contribution is -0.159. The average Bonchev–Trinajstić information content (AvgIpc) is 2.82. The summed E-state index contributed by atoms with van der Waals surface area (Å²) in [6.45, 7) is 5.34. The number of benzene rings is 2. The summed E-state index contributed by atoms with van der Waals surface area (Å²) in [7, 11) is 0. The molecule has 0 aliphatic carbocycles. The number of rotatable bonds is 12. The molecule has 2 N–H and O–H groups in total. The Bertz CT molecular complexity index is 902. The predicted octanol–water partition coefficient (Wildman–Crippen LogP) is 5.40. The van der Waals surface area contributed by atoms with Crippen molar-refractivity contribution in [1.29, 1.82) is 0 Å². The van der Waals surface area contributed by atoms with E-state index in [9.17, 15) is 14.7 Å². The number of carbonyl (C=O) groups excluding carboxylic acids is 2. The Morgan fingerprint density at radius 2 is 1.82 bits per heavy atom. The van der Waals surface area contributed by atoms with E-state index in [0.29, 0.717) is 24.5 Å². The van der Waals surface area contributed by atoms with Crippen LogP contribution in [0.1, 0.15) is 45.6 Å². The molecule has 0 heterocycles. The van der Waals surface area contributed by atoms with Crippen LogP contribution in [-0.2, 0) is 20.7 Å². The average molecular weight is 476 g/mol. The molecule has 0 fully saturated rings. The first-order valence-electron chi connectivity index (χ1n) is 11.4. The molecule has 6 nitrogen and oxygen atoms in total. The van der Waals surface area contributed by atoms with Gasteiger partial charge in [0.1, 0.15) is 5.41 Å². The zero-order valence-corrected chi connectivity index (χ0v) is 20.4. The first-order chi connectivity index (χ1) is 15.8. The lowest BCUT2D eigenvalue weighted by Gasteiger charge is -2.34. The summed E-state index contributed by atoms with van der Waals surface area (Å²) in [4.78, 5) is 25.0. The molecular formula is C26H34ClNO5. The highest BCUT2D eigenvalue weighted by Crippen LogP contribution is 2.28. The minimum absolute atomic E-state index is 0.188. The first-order valence-corrected chi connectivity index (χ1v) is 11.8. The van der Waals surface area contributed by atoms with Gasteiger partial charge < -0.3 is 19.9 Å². The summed E-state index contributed by atoms with van der Waals surface area (Å²) >= 11 is 6.09. The van der Waals surface area contributed by atoms with E-state index in [2.05, 4.69) is 5.32 Å². The molecule has 1 amide bonds. The van der Waals surface area contributed by atoms with E-state index in [-0.39, 0.29) is 6.61 Å². The van der Waals surface area contributed by atoms with Crippen LogP contribution in [0.25, 0.3) is 11.1 Å². The second-order valence-electron chi connectivity index (χ2n) is 8.23. The van der Waals surface area contributed by atoms with Gasteiger partial charge in [0.2, 0.25) is 0 Å². The van der Waals surface area contributed by atoms with Crippen molar-refractivity contribution in [2.75, 3.05) is 19.8 Å². The number of aliphatic hydroxyl groups is 1. The van der Waals surface area contributed by atoms with Crippen molar-refractivity contribution in [1.82, 2.24) is 5.32 Å². The van der Waals surface area contributed by atoms with Gasteiger partial charge in [0.05, 0.1) is 25.9 Å². The molecule has 2 aromatic rings. The van der Waals surface area contributed by atoms with Crippen molar-refractivity contribution in [2.45, 2.75) is 52.5 Å². The molecule has 7 heteroatoms. The SMILES string of the molecule is CCCCOC(=O)NC(CCc1ccc(-c2cccc(Cl)c2)cc1)C(C)(CO)C(=O)OCC. The maximum Gasteiger partial charge on any atom is 0.407 e. The lowest BCUT2D eigenvalue weighted by atomic mass is 9.80. The smallest absolute Gasteiger partial charge is 0.407 e. The highest BCUT2D eigenvalue weighted by atomic mass is 35.5. The summed E-state index contributed by atoms with van der Waals surface area (Å²) in [5.74, 6) is -0.553. The van der Waals surface area contributed by atoms with Crippen LogP contribution in [0.15, 0.2) is 48.5 Å². The van der Waals surface area contributed by atoms with Crippen molar-refractivity contribution in [2.24, 2.45) is 5.41 Å². The number of esters is 1. The fourth-order valence-corrected chi connectivity index (χ4v) is 3.69. The number of ether oxygens (including phenoxy) is 2. The van der Waals surface area contributed by atoms with Gasteiger partial charge in [0.15, 0.2) is 0 Å². The summed E-state index contributed by atoms with van der Waals surface area (Å²) in [5.41, 5.74) is 1.82. The number of amides is 1. The van der Waals surface area contributed by atoms with Crippen molar-refractivity contribution in [3.63, 3.8) is 0 Å². The summed E-state index contributed by atoms with van der Waals surface area (Å²) in [5, 5.41) is 13.5. The topological polar surface area (TPSA) is 84.9 Å². The Balaban J connectivity index is 2.14. The third kappa shape index (κ3) is 7.76. The van der Waals surface area contributed by atoms with E-state index in [0.717, 1.165) is 29.5 Å². The largest absolute Gasteiger partial charge is 0.465 e. The van der Waals surface area contributed by atoms with E-state index in [4.69, 9.17) is 21.1 Å². The number of aliphatic hydroxyl groups excluding tert-OH is 1. The van der Waals surface area contributed by atoms with Gasteiger partial charge in [-0.25, -0.2) is 4.79 Å². The molecule has 0 saturated carbocycles. The Kier molecular flexibility index (Phi) is 10.7. The van der Waals surface area contributed by atoms with Crippen molar-refractivity contribution < 1.29 is 24.2 Å². The van der Waals surface area contributed by atoms with Crippen molar-refractivity contribution >= 4 is 23.7 Å². The zero-order valence-electron chi connectivity index (χ0n) is 19.6. The normalized spacial score (nSPS) is 13.6. The Morgan fingerprint density at radius 1 is 1.09 bits per heavy atom. The summed E-state index contributed by atoms with van der Waals surface area (Å²) < 4.78 is 10.4. The molecular weight excluding hydrogens is 442 g/mol. The van der Waals surface area contributed by atoms with Crippen LogP contribution in [0.5, 0.6) is 0 Å². The van der Waals surface area contributed by atoms with Crippen molar-refractivity contribution in [3.05, 3.63) is 59.1 Å². The van der Waals surface area contributed by atoms with Crippen LogP contribution in [-0.4, -0.2) is 43.0 Å². The minimum atomic E-state index is -1.29. The lowest BCUT2D eigenvalue weighted by Crippen LogP contribution is -2.53. The minimum Gasteiger partial charge on any atom is -0.465 e. The second-order valence-corrected chi connectivity index (χ2v) is 8.66. The van der Waals surface area contributed by atoms with E-state index in [1.807, 2.05) is 55.5 Å². The van der Waals surface area contributed by atoms with E-state index >= 15 is 0 Å². The molecule has 0 aliphatic rings. The second kappa shape index (κ2) is 13.2. The fourth-order valence-electron chi connectivity index (χ4n) is 3.50. The number of hydrogen-bond acceptors (Lipinski definition) is 5. The zero-order chi connectivity index (χ0) is 24.3. The van der Waals surface area contributed by atoms with Crippen LogP contribution >= 0.6 is 11.6 Å². The molecule has 0 saturated heterocycles. The van der Waals surface area contributed by atoms with Crippen LogP contribution in [0, 0.1) is 5.41 Å². The molecule has 0 aliphatic heterocycles. The number of hydrogen-bond donors (Lipinski definition) is 2. The van der Waals surface area contributed by atoms with Gasteiger partial charge in [0.25, 0.3) is 0 Å². The van der Waals surface area contributed by atoms with Crippen LogP contribution in [0.4, 0.5) is 4.79 Å². The number of carbonyl (C=O) groups is 2. The Labute approximate surface area is 201 Å². The summed E-state index contributed by atoms with van der Waals surface area (Å²) in [6, 6.07) is 15.0. The molecule has 2 unspecified atom stereocenters. The molecule has 33 heavy (non-hydrogen) atoms. The van der Waals surface area contributed by atoms with Crippen LogP contribution < -0.4 is 5.32 Å². The molecule has 0 aromatic heterocycles. The van der Waals surface area contributed by atoms with Crippen molar-refractivity contribution in [3.8, 4) is 11.1 Å². The number of alkyl carbamates (subject to hydrolysis) is 1. The molecule has 180 valence electrons. The third-order valence-corrected chi connectivity index (χ3v) is 5.93. The van der Waals surface area contributed by atoms with Crippen LogP contribution in [0.3, 0.4) is 0 Å². The number of aryl methyl sites for hydroxylation is 1. The molecule has 2 aromatic carbocycles. The maximum atomic E-state index is 12.6. The van der Waals surface area contributed by atoms with Gasteiger partial charge in [0, 0.05) is 5.02 Å². The quantitative estimate of drug-likeness (QED) is 0.317. The third-order valence-electron chi connectivity index (χ3n) is 5.70. The van der Waals surface area contributed by atoms with E-state index in [1.165, 1.54) is 0 Å². The summed E-state index contributed by atoms with van der Waals surface area (Å²) in [6.07, 6.45) is 2.07. The number of unbranched alkanes of at least 4 members (excludes halogenated alkanes) is 1. The maximum absolute atomic E-state index is 12.6. The van der Waals surface area contributed by atoms with Gasteiger partial charge >= 0.3 is 12.1 Å².